The predicted molar refractivity (Wildman–Crippen MR) is 107 cm³/mol. The lowest BCUT2D eigenvalue weighted by molar-refractivity contribution is -0.128. The van der Waals surface area contributed by atoms with Crippen molar-refractivity contribution in [3.05, 3.63) is 41.7 Å². The Bertz CT molecular complexity index is 800. The summed E-state index contributed by atoms with van der Waals surface area (Å²) < 4.78 is 4.90. The van der Waals surface area contributed by atoms with Crippen LogP contribution in [-0.4, -0.2) is 59.6 Å². The maximum atomic E-state index is 12.4. The molecule has 2 aromatic rings. The minimum atomic E-state index is -0.189. The van der Waals surface area contributed by atoms with Gasteiger partial charge in [0, 0.05) is 37.9 Å². The number of amides is 2. The molecule has 0 aliphatic carbocycles. The third-order valence-corrected chi connectivity index (χ3v) is 5.27. The lowest BCUT2D eigenvalue weighted by Crippen LogP contribution is -2.49. The van der Waals surface area contributed by atoms with Gasteiger partial charge in [-0.2, -0.15) is 0 Å². The molecule has 0 spiro atoms. The number of hydrogen-bond donors (Lipinski definition) is 1. The number of hydrogen-bond acceptors (Lipinski definition) is 6. The van der Waals surface area contributed by atoms with Crippen molar-refractivity contribution in [2.45, 2.75) is 13.8 Å². The number of piperazine rings is 1. The quantitative estimate of drug-likeness (QED) is 0.818. The molecule has 0 radical (unpaired) electrons. The van der Waals surface area contributed by atoms with Gasteiger partial charge in [-0.05, 0) is 31.5 Å². The van der Waals surface area contributed by atoms with Gasteiger partial charge in [-0.25, -0.2) is 0 Å². The molecule has 27 heavy (non-hydrogen) atoms. The van der Waals surface area contributed by atoms with Gasteiger partial charge in [0.05, 0.1) is 11.5 Å². The maximum Gasteiger partial charge on any atom is 0.235 e. The number of rotatable bonds is 6. The molecule has 0 atom stereocenters. The van der Waals surface area contributed by atoms with Crippen molar-refractivity contribution < 1.29 is 14.1 Å². The second-order valence-electron chi connectivity index (χ2n) is 6.57. The number of nitrogens with one attached hydrogen (secondary N) is 1. The molecule has 1 saturated heterocycles. The molecule has 2 heterocycles. The molecule has 0 unspecified atom stereocenters. The van der Waals surface area contributed by atoms with Gasteiger partial charge in [-0.1, -0.05) is 17.3 Å². The number of anilines is 2. The van der Waals surface area contributed by atoms with Crippen LogP contribution in [0.5, 0.6) is 0 Å². The zero-order valence-electron chi connectivity index (χ0n) is 15.6. The largest absolute Gasteiger partial charge is 0.368 e. The first kappa shape index (κ1) is 19.3. The van der Waals surface area contributed by atoms with E-state index in [2.05, 4.69) is 46.6 Å². The number of aromatic nitrogens is 1. The van der Waals surface area contributed by atoms with E-state index < -0.39 is 0 Å². The lowest BCUT2D eigenvalue weighted by atomic mass is 10.2. The van der Waals surface area contributed by atoms with E-state index in [1.165, 1.54) is 23.0 Å². The summed E-state index contributed by atoms with van der Waals surface area (Å²) in [5.74, 6) is 1.44. The van der Waals surface area contributed by atoms with Crippen LogP contribution in [0.4, 0.5) is 11.5 Å². The fourth-order valence-electron chi connectivity index (χ4n) is 2.97. The van der Waals surface area contributed by atoms with Gasteiger partial charge in [-0.15, -0.1) is 11.8 Å². The number of carbonyl (C=O) groups is 2. The first-order valence-electron chi connectivity index (χ1n) is 8.91. The third-order valence-electron chi connectivity index (χ3n) is 4.35. The molecule has 1 aromatic carbocycles. The second kappa shape index (κ2) is 8.94. The Balaban J connectivity index is 1.37. The molecule has 1 aliphatic heterocycles. The van der Waals surface area contributed by atoms with Crippen molar-refractivity contribution in [2.24, 2.45) is 0 Å². The third kappa shape index (κ3) is 5.50. The molecule has 7 nitrogen and oxygen atoms in total. The lowest BCUT2D eigenvalue weighted by Gasteiger charge is -2.36. The average molecular weight is 388 g/mol. The number of thioether (sulfide) groups is 1. The van der Waals surface area contributed by atoms with Crippen LogP contribution in [0.2, 0.25) is 0 Å². The molecule has 1 N–H and O–H groups in total. The number of nitrogens with zero attached hydrogens (tertiary/aromatic N) is 3. The fraction of sp³-hybridized carbons (Fsp3) is 0.421. The Labute approximate surface area is 163 Å². The van der Waals surface area contributed by atoms with E-state index in [0.717, 1.165) is 13.1 Å². The van der Waals surface area contributed by atoms with Crippen LogP contribution in [0, 0.1) is 13.8 Å². The minimum absolute atomic E-state index is 0.0778. The fourth-order valence-corrected chi connectivity index (χ4v) is 3.68. The van der Waals surface area contributed by atoms with E-state index in [0.29, 0.717) is 30.4 Å². The molecule has 3 rings (SSSR count). The highest BCUT2D eigenvalue weighted by atomic mass is 32.2. The molecule has 1 aromatic heterocycles. The molecular weight excluding hydrogens is 364 g/mol. The molecule has 1 aliphatic rings. The topological polar surface area (TPSA) is 78.7 Å². The number of benzene rings is 1. The first-order chi connectivity index (χ1) is 13.0. The number of carbonyl (C=O) groups excluding carboxylic acids is 2. The average Bonchev–Trinajstić information content (AvgIpc) is 3.06. The van der Waals surface area contributed by atoms with Crippen LogP contribution in [0.3, 0.4) is 0 Å². The zero-order chi connectivity index (χ0) is 19.2. The van der Waals surface area contributed by atoms with Gasteiger partial charge in [0.25, 0.3) is 0 Å². The molecule has 8 heteroatoms. The van der Waals surface area contributed by atoms with E-state index in [9.17, 15) is 9.59 Å². The minimum Gasteiger partial charge on any atom is -0.368 e. The van der Waals surface area contributed by atoms with Gasteiger partial charge in [0.1, 0.15) is 5.76 Å². The standard InChI is InChI=1S/C19H24N4O3S/c1-14-4-3-5-16(10-14)22-6-8-23(9-7-22)19(25)13-27-12-18(24)20-17-11-15(2)26-21-17/h3-5,10-11H,6-9,12-13H2,1-2H3,(H,20,21,24). The van der Waals surface area contributed by atoms with E-state index in [4.69, 9.17) is 4.52 Å². The van der Waals surface area contributed by atoms with Gasteiger partial charge < -0.3 is 19.6 Å². The highest BCUT2D eigenvalue weighted by molar-refractivity contribution is 8.00. The van der Waals surface area contributed by atoms with E-state index in [-0.39, 0.29) is 17.6 Å². The first-order valence-corrected chi connectivity index (χ1v) is 10.1. The molecular formula is C19H24N4O3S. The van der Waals surface area contributed by atoms with Crippen molar-refractivity contribution >= 4 is 35.1 Å². The van der Waals surface area contributed by atoms with E-state index >= 15 is 0 Å². The van der Waals surface area contributed by atoms with Gasteiger partial charge in [-0.3, -0.25) is 9.59 Å². The van der Waals surface area contributed by atoms with Crippen LogP contribution in [0.25, 0.3) is 0 Å². The maximum absolute atomic E-state index is 12.4. The summed E-state index contributed by atoms with van der Waals surface area (Å²) in [5.41, 5.74) is 2.44. The van der Waals surface area contributed by atoms with Crippen molar-refractivity contribution in [1.29, 1.82) is 0 Å². The summed E-state index contributed by atoms with van der Waals surface area (Å²) in [5, 5.41) is 6.36. The zero-order valence-corrected chi connectivity index (χ0v) is 16.4. The van der Waals surface area contributed by atoms with Crippen LogP contribution in [-0.2, 0) is 9.59 Å². The van der Waals surface area contributed by atoms with Crippen LogP contribution >= 0.6 is 11.8 Å². The van der Waals surface area contributed by atoms with Crippen molar-refractivity contribution in [2.75, 3.05) is 47.9 Å². The molecule has 2 amide bonds. The summed E-state index contributed by atoms with van der Waals surface area (Å²) in [6, 6.07) is 10.1. The van der Waals surface area contributed by atoms with Crippen LogP contribution < -0.4 is 10.2 Å². The van der Waals surface area contributed by atoms with Crippen molar-refractivity contribution in [3.8, 4) is 0 Å². The van der Waals surface area contributed by atoms with E-state index in [1.807, 2.05) is 4.90 Å². The Hall–Kier alpha value is -2.48. The molecule has 0 saturated carbocycles. The molecule has 0 bridgehead atoms. The summed E-state index contributed by atoms with van der Waals surface area (Å²) in [7, 11) is 0. The highest BCUT2D eigenvalue weighted by Crippen LogP contribution is 2.18. The van der Waals surface area contributed by atoms with Crippen molar-refractivity contribution in [3.63, 3.8) is 0 Å². The monoisotopic (exact) mass is 388 g/mol. The Kier molecular flexibility index (Phi) is 6.39. The summed E-state index contributed by atoms with van der Waals surface area (Å²) >= 11 is 1.31. The smallest absolute Gasteiger partial charge is 0.235 e. The summed E-state index contributed by atoms with van der Waals surface area (Å²) in [6.07, 6.45) is 0. The normalized spacial score (nSPS) is 14.3. The Morgan fingerprint density at radius 1 is 1.15 bits per heavy atom. The Morgan fingerprint density at radius 3 is 2.59 bits per heavy atom. The Morgan fingerprint density at radius 2 is 1.93 bits per heavy atom. The van der Waals surface area contributed by atoms with Crippen LogP contribution in [0.1, 0.15) is 11.3 Å². The van der Waals surface area contributed by atoms with Crippen LogP contribution in [0.15, 0.2) is 34.9 Å². The highest BCUT2D eigenvalue weighted by Gasteiger charge is 2.21. The summed E-state index contributed by atoms with van der Waals surface area (Å²) in [4.78, 5) is 28.4. The number of aryl methyl sites for hydroxylation is 2. The van der Waals surface area contributed by atoms with Gasteiger partial charge >= 0.3 is 0 Å². The summed E-state index contributed by atoms with van der Waals surface area (Å²) in [6.45, 7) is 6.91. The van der Waals surface area contributed by atoms with Crippen molar-refractivity contribution in [1.82, 2.24) is 10.1 Å². The van der Waals surface area contributed by atoms with Gasteiger partial charge in [0.15, 0.2) is 5.82 Å². The van der Waals surface area contributed by atoms with E-state index in [1.54, 1.807) is 13.0 Å². The van der Waals surface area contributed by atoms with Gasteiger partial charge in [0.2, 0.25) is 11.8 Å². The predicted octanol–water partition coefficient (Wildman–Crippen LogP) is 2.31. The second-order valence-corrected chi connectivity index (χ2v) is 7.56. The molecule has 1 fully saturated rings. The SMILES string of the molecule is Cc1cccc(N2CCN(C(=O)CSCC(=O)Nc3cc(C)on3)CC2)c1. The molecule has 144 valence electrons.